The van der Waals surface area contributed by atoms with E-state index < -0.39 is 0 Å². The van der Waals surface area contributed by atoms with E-state index in [1.54, 1.807) is 12.1 Å². The standard InChI is InChI=1S/C16H13Cl4N3.ClH/c17-13-3-1-11(15(19)5-13)7-22-9-21-23(10-22)8-12-2-4-14(18)6-16(12)20;/h1-6,9H,7-8,10H2;1H. The fourth-order valence-electron chi connectivity index (χ4n) is 2.43. The molecule has 1 unspecified atom stereocenters. The molecule has 1 aliphatic rings. The number of benzene rings is 2. The van der Waals surface area contributed by atoms with Gasteiger partial charge >= 0.3 is 0 Å². The Morgan fingerprint density at radius 2 is 1.50 bits per heavy atom. The zero-order valence-electron chi connectivity index (χ0n) is 12.4. The average molecular weight is 426 g/mol. The first-order valence-corrected chi connectivity index (χ1v) is 8.53. The molecular formula is C16H14Cl5N3. The molecule has 0 saturated heterocycles. The zero-order chi connectivity index (χ0) is 16.4. The van der Waals surface area contributed by atoms with Gasteiger partial charge in [-0.05, 0) is 29.8 Å². The molecular weight excluding hydrogens is 411 g/mol. The van der Waals surface area contributed by atoms with E-state index in [2.05, 4.69) is 10.0 Å². The monoisotopic (exact) mass is 423 g/mol. The van der Waals surface area contributed by atoms with E-state index in [1.165, 1.54) is 0 Å². The molecule has 0 aromatic heterocycles. The molecule has 0 radical (unpaired) electrons. The molecule has 24 heavy (non-hydrogen) atoms. The van der Waals surface area contributed by atoms with Crippen molar-refractivity contribution in [2.24, 2.45) is 5.10 Å². The summed E-state index contributed by atoms with van der Waals surface area (Å²) in [4.78, 5) is 2.11. The lowest BCUT2D eigenvalue weighted by molar-refractivity contribution is -0.921. The predicted octanol–water partition coefficient (Wildman–Crippen LogP) is 1.11. The summed E-state index contributed by atoms with van der Waals surface area (Å²) in [5, 5.41) is 8.14. The van der Waals surface area contributed by atoms with Crippen molar-refractivity contribution >= 4 is 52.7 Å². The SMILES string of the molecule is Clc1ccc(CN2C=N[NH+](Cc3ccc(Cl)cc3Cl)C2)c(Cl)c1.[Cl-]. The van der Waals surface area contributed by atoms with Gasteiger partial charge in [0.05, 0.1) is 11.6 Å². The lowest BCUT2D eigenvalue weighted by atomic mass is 10.2. The highest BCUT2D eigenvalue weighted by molar-refractivity contribution is 6.35. The second-order valence-corrected chi connectivity index (χ2v) is 7.05. The summed E-state index contributed by atoms with van der Waals surface area (Å²) in [5.41, 5.74) is 2.04. The maximum absolute atomic E-state index is 6.22. The summed E-state index contributed by atoms with van der Waals surface area (Å²) in [6, 6.07) is 11.1. The van der Waals surface area contributed by atoms with Crippen molar-refractivity contribution in [2.45, 2.75) is 13.1 Å². The van der Waals surface area contributed by atoms with E-state index in [4.69, 9.17) is 46.4 Å². The molecule has 0 bridgehead atoms. The average Bonchev–Trinajstić information content (AvgIpc) is 2.92. The Morgan fingerprint density at radius 3 is 2.08 bits per heavy atom. The van der Waals surface area contributed by atoms with Gasteiger partial charge in [0.25, 0.3) is 0 Å². The number of hydrogen-bond acceptors (Lipinski definition) is 2. The predicted molar refractivity (Wildman–Crippen MR) is 96.5 cm³/mol. The first-order valence-electron chi connectivity index (χ1n) is 7.02. The molecule has 8 heteroatoms. The van der Waals surface area contributed by atoms with Gasteiger partial charge in [0.1, 0.15) is 6.54 Å². The topological polar surface area (TPSA) is 20.0 Å². The number of halogens is 5. The lowest BCUT2D eigenvalue weighted by Crippen LogP contribution is -3.05. The van der Waals surface area contributed by atoms with E-state index in [0.29, 0.717) is 33.2 Å². The summed E-state index contributed by atoms with van der Waals surface area (Å²) in [5.74, 6) is 0. The maximum atomic E-state index is 6.22. The van der Waals surface area contributed by atoms with Crippen molar-refractivity contribution in [3.05, 3.63) is 67.6 Å². The third kappa shape index (κ3) is 4.92. The first-order chi connectivity index (χ1) is 11.0. The largest absolute Gasteiger partial charge is 1.00 e. The van der Waals surface area contributed by atoms with E-state index in [1.807, 2.05) is 30.6 Å². The highest BCUT2D eigenvalue weighted by Crippen LogP contribution is 2.22. The van der Waals surface area contributed by atoms with E-state index >= 15 is 0 Å². The number of nitrogens with zero attached hydrogens (tertiary/aromatic N) is 2. The third-order valence-electron chi connectivity index (χ3n) is 3.59. The molecule has 0 amide bonds. The molecule has 128 valence electrons. The number of quaternary nitrogens is 1. The molecule has 1 aliphatic heterocycles. The quantitative estimate of drug-likeness (QED) is 0.778. The summed E-state index contributed by atoms with van der Waals surface area (Å²) in [6.45, 7) is 2.15. The van der Waals surface area contributed by atoms with Gasteiger partial charge < -0.3 is 17.3 Å². The minimum Gasteiger partial charge on any atom is -1.00 e. The number of nitrogens with one attached hydrogen (secondary N) is 1. The molecule has 2 aromatic rings. The van der Waals surface area contributed by atoms with Gasteiger partial charge in [-0.1, -0.05) is 63.6 Å². The normalized spacial score (nSPS) is 16.3. The van der Waals surface area contributed by atoms with Crippen molar-refractivity contribution in [3.8, 4) is 0 Å². The number of hydrogen-bond donors (Lipinski definition) is 1. The van der Waals surface area contributed by atoms with Crippen molar-refractivity contribution in [1.29, 1.82) is 0 Å². The minimum atomic E-state index is 0. The van der Waals surface area contributed by atoms with Crippen LogP contribution < -0.4 is 17.4 Å². The molecule has 2 aromatic carbocycles. The van der Waals surface area contributed by atoms with E-state index in [9.17, 15) is 0 Å². The van der Waals surface area contributed by atoms with E-state index in [-0.39, 0.29) is 12.4 Å². The van der Waals surface area contributed by atoms with Crippen LogP contribution in [0.5, 0.6) is 0 Å². The zero-order valence-corrected chi connectivity index (χ0v) is 16.2. The molecule has 3 nitrogen and oxygen atoms in total. The van der Waals surface area contributed by atoms with Crippen molar-refractivity contribution < 1.29 is 17.4 Å². The molecule has 0 saturated carbocycles. The molecule has 3 rings (SSSR count). The molecule has 0 fully saturated rings. The Morgan fingerprint density at radius 1 is 0.917 bits per heavy atom. The summed E-state index contributed by atoms with van der Waals surface area (Å²) < 4.78 is 0. The van der Waals surface area contributed by atoms with Gasteiger partial charge in [-0.3, -0.25) is 0 Å². The van der Waals surface area contributed by atoms with Crippen LogP contribution in [0.25, 0.3) is 0 Å². The van der Waals surface area contributed by atoms with Crippen LogP contribution in [0.3, 0.4) is 0 Å². The maximum Gasteiger partial charge on any atom is 0.178 e. The van der Waals surface area contributed by atoms with Crippen LogP contribution in [0.4, 0.5) is 0 Å². The third-order valence-corrected chi connectivity index (χ3v) is 4.76. The van der Waals surface area contributed by atoms with Crippen molar-refractivity contribution in [3.63, 3.8) is 0 Å². The highest BCUT2D eigenvalue weighted by Gasteiger charge is 2.21. The Hall–Kier alpha value is -0.680. The van der Waals surface area contributed by atoms with Gasteiger partial charge in [0.15, 0.2) is 13.0 Å². The molecule has 0 spiro atoms. The Bertz CT molecular complexity index is 689. The van der Waals surface area contributed by atoms with Crippen molar-refractivity contribution in [1.82, 2.24) is 4.90 Å². The van der Waals surface area contributed by atoms with E-state index in [0.717, 1.165) is 22.8 Å². The minimum absolute atomic E-state index is 0. The molecule has 1 heterocycles. The van der Waals surface area contributed by atoms with Crippen LogP contribution in [-0.2, 0) is 13.1 Å². The fraction of sp³-hybridized carbons (Fsp3) is 0.188. The van der Waals surface area contributed by atoms with Crippen LogP contribution >= 0.6 is 46.4 Å². The molecule has 1 atom stereocenters. The molecule has 1 N–H and O–H groups in total. The first kappa shape index (κ1) is 19.6. The van der Waals surface area contributed by atoms with Crippen LogP contribution in [0.1, 0.15) is 11.1 Å². The van der Waals surface area contributed by atoms with Gasteiger partial charge in [0, 0.05) is 20.6 Å². The second-order valence-electron chi connectivity index (χ2n) is 5.36. The van der Waals surface area contributed by atoms with Gasteiger partial charge in [-0.2, -0.15) is 5.01 Å². The van der Waals surface area contributed by atoms with Crippen molar-refractivity contribution in [2.75, 3.05) is 6.67 Å². The van der Waals surface area contributed by atoms with Gasteiger partial charge in [-0.25, -0.2) is 0 Å². The van der Waals surface area contributed by atoms with Crippen LogP contribution in [0, 0.1) is 0 Å². The molecule has 0 aliphatic carbocycles. The van der Waals surface area contributed by atoms with Crippen LogP contribution in [-0.4, -0.2) is 17.9 Å². The second kappa shape index (κ2) is 8.61. The Kier molecular flexibility index (Phi) is 7.05. The van der Waals surface area contributed by atoms with Gasteiger partial charge in [0.2, 0.25) is 0 Å². The highest BCUT2D eigenvalue weighted by atomic mass is 35.5. The Labute approximate surface area is 167 Å². The number of rotatable bonds is 4. The van der Waals surface area contributed by atoms with Crippen LogP contribution in [0.2, 0.25) is 20.1 Å². The smallest absolute Gasteiger partial charge is 0.178 e. The summed E-state index contributed by atoms with van der Waals surface area (Å²) in [7, 11) is 0. The Balaban J connectivity index is 0.00000208. The lowest BCUT2D eigenvalue weighted by Gasteiger charge is -2.16. The summed E-state index contributed by atoms with van der Waals surface area (Å²) in [6.07, 6.45) is 1.84. The van der Waals surface area contributed by atoms with Crippen LogP contribution in [0.15, 0.2) is 41.5 Å². The fourth-order valence-corrected chi connectivity index (χ4v) is 3.37. The van der Waals surface area contributed by atoms with Gasteiger partial charge in [-0.15, -0.1) is 0 Å². The summed E-state index contributed by atoms with van der Waals surface area (Å²) >= 11 is 24.3.